The highest BCUT2D eigenvalue weighted by atomic mass is 31.3. The van der Waals surface area contributed by atoms with Crippen molar-refractivity contribution < 1.29 is 71.1 Å². The van der Waals surface area contributed by atoms with Gasteiger partial charge in [-0.3, -0.25) is 18.7 Å². The Labute approximate surface area is 442 Å². The first-order chi connectivity index (χ1) is 36.3. The van der Waals surface area contributed by atoms with Gasteiger partial charge in [-0.2, -0.15) is 4.31 Å². The number of imidazole rings is 1. The third-order valence-corrected chi connectivity index (χ3v) is 17.9. The van der Waals surface area contributed by atoms with Crippen molar-refractivity contribution in [2.75, 3.05) is 71.1 Å². The molecule has 2 unspecified atom stereocenters. The smallest absolute Gasteiger partial charge is 0.440 e. The van der Waals surface area contributed by atoms with Crippen molar-refractivity contribution in [3.63, 3.8) is 0 Å². The molecule has 10 N–H and O–H groups in total. The summed E-state index contributed by atoms with van der Waals surface area (Å²) < 4.78 is 59.6. The van der Waals surface area contributed by atoms with Gasteiger partial charge in [-0.25, -0.2) is 38.0 Å². The number of ether oxygens (including phenoxy) is 2. The summed E-state index contributed by atoms with van der Waals surface area (Å²) in [5.41, 5.74) is 13.9. The zero-order valence-electron chi connectivity index (χ0n) is 43.1. The van der Waals surface area contributed by atoms with Gasteiger partial charge in [0.25, 0.3) is 5.91 Å². The third kappa shape index (κ3) is 12.7. The first-order valence-electron chi connectivity index (χ1n) is 24.6. The second-order valence-corrected chi connectivity index (χ2v) is 24.3. The molecular formula is C48H63N11O15P3+. The summed E-state index contributed by atoms with van der Waals surface area (Å²) in [6.45, 7) is 7.58. The molecule has 4 heterocycles. The van der Waals surface area contributed by atoms with Crippen LogP contribution in [0, 0.1) is 0 Å². The maximum absolute atomic E-state index is 14.5. The van der Waals surface area contributed by atoms with E-state index in [0.29, 0.717) is 12.0 Å². The number of fused-ring (bicyclic) bond motifs is 4. The fourth-order valence-corrected chi connectivity index (χ4v) is 13.4. The molecule has 2 aromatic heterocycles. The molecule has 8 rings (SSSR count). The van der Waals surface area contributed by atoms with E-state index in [2.05, 4.69) is 90.5 Å². The van der Waals surface area contributed by atoms with Crippen LogP contribution < -0.4 is 41.3 Å². The van der Waals surface area contributed by atoms with Gasteiger partial charge in [0.1, 0.15) is 37.1 Å². The molecule has 5 aromatic rings. The molecule has 77 heavy (non-hydrogen) atoms. The minimum atomic E-state index is -5.64. The van der Waals surface area contributed by atoms with Gasteiger partial charge < -0.3 is 60.3 Å². The van der Waals surface area contributed by atoms with Gasteiger partial charge in [-0.1, -0.05) is 38.1 Å². The Hall–Kier alpha value is -5.98. The highest BCUT2D eigenvalue weighted by Crippen LogP contribution is 2.61. The van der Waals surface area contributed by atoms with E-state index < -0.39 is 60.6 Å². The summed E-state index contributed by atoms with van der Waals surface area (Å²) in [6, 6.07) is 18.9. The molecule has 6 atom stereocenters. The minimum Gasteiger partial charge on any atom is -0.440 e. The summed E-state index contributed by atoms with van der Waals surface area (Å²) >= 11 is 0. The number of carbonyl (C=O) groups is 3. The minimum absolute atomic E-state index is 0.0206. The van der Waals surface area contributed by atoms with E-state index in [9.17, 15) is 43.0 Å². The van der Waals surface area contributed by atoms with E-state index in [1.165, 1.54) is 32.9 Å². The summed E-state index contributed by atoms with van der Waals surface area (Å²) in [4.78, 5) is 95.0. The maximum atomic E-state index is 14.5. The molecule has 2 aliphatic heterocycles. The molecule has 3 amide bonds. The van der Waals surface area contributed by atoms with Gasteiger partial charge in [0.15, 0.2) is 23.8 Å². The topological polar surface area (TPSA) is 356 Å². The van der Waals surface area contributed by atoms with Gasteiger partial charge in [-0.15, -0.1) is 4.86 Å². The van der Waals surface area contributed by atoms with E-state index in [4.69, 9.17) is 29.5 Å². The lowest BCUT2D eigenvalue weighted by atomic mass is 9.68. The molecule has 414 valence electrons. The predicted molar refractivity (Wildman–Crippen MR) is 281 cm³/mol. The number of nitrogens with one attached hydrogen (secondary N) is 3. The second kappa shape index (κ2) is 22.8. The van der Waals surface area contributed by atoms with Crippen LogP contribution in [0.4, 0.5) is 16.3 Å². The van der Waals surface area contributed by atoms with Gasteiger partial charge in [0, 0.05) is 81.9 Å². The second-order valence-electron chi connectivity index (χ2n) is 19.5. The standard InChI is InChI=1S/C48H62N11O15P3/c1-7-58-21-10-12-28-22-33-35(24-36(28)58)48(2,3)34-23-29(56(4)5)16-17-32(34)39(33)30-13-8-9-14-31(30)45(62)57(6)20-11-15-38(60)50-18-19-51-47(63)73-42-37(25-71-77(69,70)74-76(67,68)55-75(64,65)66)72-46(41(42)61)59-27-54-40-43(49)52-26-53-44(40)59/h8-9,13-14,16-17,22-24,26-27,37,41-42,46,61H,7,10-12,15,18-21,25H2,1-6H3,(H8-,49,50,51,52,53,55,60,63,64,65,66,67,68,69,70)/p+1/t37-,41-,42-,46-/m1/s1. The Kier molecular flexibility index (Phi) is 16.9. The molecule has 3 aromatic carbocycles. The maximum Gasteiger partial charge on any atom is 0.480 e. The number of amides is 3. The number of alkyl carbamates (subject to hydrolysis) is 1. The molecule has 0 saturated carbocycles. The number of hydrogen-bond donors (Lipinski definition) is 9. The van der Waals surface area contributed by atoms with Crippen LogP contribution in [0.1, 0.15) is 84.4 Å². The van der Waals surface area contributed by atoms with Crippen molar-refractivity contribution in [3.8, 4) is 0 Å². The van der Waals surface area contributed by atoms with Crippen LogP contribution >= 0.6 is 23.3 Å². The highest BCUT2D eigenvalue weighted by Gasteiger charge is 2.50. The Morgan fingerprint density at radius 2 is 1.70 bits per heavy atom. The van der Waals surface area contributed by atoms with Crippen molar-refractivity contribution in [3.05, 3.63) is 111 Å². The largest absolute Gasteiger partial charge is 0.480 e. The van der Waals surface area contributed by atoms with Crippen molar-refractivity contribution in [2.45, 2.75) is 76.4 Å². The molecule has 29 heteroatoms. The number of anilines is 2. The van der Waals surface area contributed by atoms with Crippen LogP contribution in [0.25, 0.3) is 16.7 Å². The van der Waals surface area contributed by atoms with E-state index in [-0.39, 0.29) is 60.3 Å². The highest BCUT2D eigenvalue weighted by molar-refractivity contribution is 7.70. The predicted octanol–water partition coefficient (Wildman–Crippen LogP) is 1.76. The molecule has 26 nitrogen and oxygen atoms in total. The molecule has 0 bridgehead atoms. The number of benzene rings is 3. The number of nitrogens with zero attached hydrogens (tertiary/aromatic N) is 7. The number of aliphatic hydroxyl groups excluding tert-OH is 1. The van der Waals surface area contributed by atoms with Crippen molar-refractivity contribution in [1.82, 2.24) is 44.5 Å². The number of phosphoric ester groups is 1. The zero-order valence-corrected chi connectivity index (χ0v) is 45.8. The lowest BCUT2D eigenvalue weighted by molar-refractivity contribution is -0.121. The SMILES string of the molecule is CC[N+]1=c2cc3c(cc2CCC1)=C(c1ccccc1C(=O)N(C)CCCC(=O)NCCNC(=O)O[C@H]1[C@@H](O)[C@H](n2cnc4c(N)ncnc42)O[C@@H]1COP(=O)(O)OP(=O)(O)NP(=O)(O)O)c1ccc(N(C)C)cc1C3(C)C. The van der Waals surface area contributed by atoms with Crippen LogP contribution in [0.3, 0.4) is 0 Å². The molecule has 0 spiro atoms. The van der Waals surface area contributed by atoms with Crippen LogP contribution in [0.2, 0.25) is 0 Å². The Balaban J connectivity index is 0.894. The summed E-state index contributed by atoms with van der Waals surface area (Å²) in [6.07, 6.45) is -3.02. The van der Waals surface area contributed by atoms with Crippen molar-refractivity contribution >= 4 is 69.5 Å². The summed E-state index contributed by atoms with van der Waals surface area (Å²) in [5.74, 6) is -0.593. The number of aromatic nitrogens is 4. The van der Waals surface area contributed by atoms with E-state index in [1.807, 2.05) is 38.4 Å². The monoisotopic (exact) mass is 1130 g/mol. The van der Waals surface area contributed by atoms with E-state index >= 15 is 0 Å². The van der Waals surface area contributed by atoms with Crippen molar-refractivity contribution in [1.29, 1.82) is 0 Å². The van der Waals surface area contributed by atoms with Crippen LogP contribution in [-0.2, 0) is 48.6 Å². The Bertz CT molecular complexity index is 3390. The fraction of sp³-hybridized carbons (Fsp3) is 0.438. The summed E-state index contributed by atoms with van der Waals surface area (Å²) in [7, 11) is -10.9. The van der Waals surface area contributed by atoms with Gasteiger partial charge in [0.05, 0.1) is 12.9 Å². The van der Waals surface area contributed by atoms with Gasteiger partial charge in [0.2, 0.25) is 11.3 Å². The molecular weight excluding hydrogens is 1060 g/mol. The number of nitrogens with two attached hydrogens (primary N) is 1. The van der Waals surface area contributed by atoms with Gasteiger partial charge in [-0.05, 0) is 77.1 Å². The molecule has 1 aliphatic carbocycles. The molecule has 3 aliphatic rings. The normalized spacial score (nSPS) is 20.3. The number of rotatable bonds is 20. The van der Waals surface area contributed by atoms with Crippen LogP contribution in [0.15, 0.2) is 67.3 Å². The van der Waals surface area contributed by atoms with E-state index in [0.717, 1.165) is 64.7 Å². The number of nitrogen functional groups attached to an aromatic ring is 1. The lowest BCUT2D eigenvalue weighted by Crippen LogP contribution is -2.43. The van der Waals surface area contributed by atoms with E-state index in [1.54, 1.807) is 11.9 Å². The number of phosphoric acid groups is 1. The Morgan fingerprint density at radius 3 is 2.43 bits per heavy atom. The summed E-state index contributed by atoms with van der Waals surface area (Å²) in [5, 5.41) is 18.9. The number of carbonyl (C=O) groups excluding carboxylic acids is 3. The average molecular weight is 1130 g/mol. The molecule has 1 fully saturated rings. The van der Waals surface area contributed by atoms with Crippen molar-refractivity contribution in [2.24, 2.45) is 0 Å². The number of aliphatic hydroxyl groups is 1. The van der Waals surface area contributed by atoms with Crippen LogP contribution in [-0.4, -0.2) is 146 Å². The quantitative estimate of drug-likeness (QED) is 0.0304. The Morgan fingerprint density at radius 1 is 0.961 bits per heavy atom. The first-order valence-corrected chi connectivity index (χ1v) is 29.3. The first kappa shape index (κ1) is 57.2. The zero-order chi connectivity index (χ0) is 55.8. The fourth-order valence-electron chi connectivity index (χ4n) is 9.98. The third-order valence-electron chi connectivity index (χ3n) is 13.7. The lowest BCUT2D eigenvalue weighted by Gasteiger charge is -2.36. The van der Waals surface area contributed by atoms with Crippen LogP contribution in [0.5, 0.6) is 0 Å². The average Bonchev–Trinajstić information content (AvgIpc) is 3.98. The molecule has 0 radical (unpaired) electrons. The number of aryl methyl sites for hydroxylation is 1. The number of hydrogen-bond acceptors (Lipinski definition) is 16. The van der Waals surface area contributed by atoms with Gasteiger partial charge >= 0.3 is 29.4 Å². The molecule has 1 saturated heterocycles.